The minimum absolute atomic E-state index is 0.278. The lowest BCUT2D eigenvalue weighted by Crippen LogP contribution is -2.42. The normalized spacial score (nSPS) is 11.7. The monoisotopic (exact) mass is 303 g/mol. The fraction of sp³-hybridized carbons (Fsp3) is 0.250. The lowest BCUT2D eigenvalue weighted by Gasteiger charge is -2.15. The molecule has 1 heterocycles. The van der Waals surface area contributed by atoms with Crippen molar-refractivity contribution in [2.45, 2.75) is 19.4 Å². The lowest BCUT2D eigenvalue weighted by atomic mass is 10.1. The maximum atomic E-state index is 12.2. The first kappa shape index (κ1) is 15.3. The van der Waals surface area contributed by atoms with Crippen molar-refractivity contribution >= 4 is 23.2 Å². The van der Waals surface area contributed by atoms with Gasteiger partial charge in [-0.3, -0.25) is 4.79 Å². The number of hydrogen-bond donors (Lipinski definition) is 1. The molecule has 0 aliphatic carbocycles. The van der Waals surface area contributed by atoms with Crippen LogP contribution in [0.25, 0.3) is 0 Å². The molecule has 0 bridgehead atoms. The zero-order chi connectivity index (χ0) is 15.2. The van der Waals surface area contributed by atoms with Crippen LogP contribution in [0.1, 0.15) is 20.1 Å². The first-order valence-corrected chi connectivity index (χ1v) is 7.41. The number of hydrogen-bond acceptors (Lipinski definition) is 4. The van der Waals surface area contributed by atoms with Crippen molar-refractivity contribution in [1.29, 1.82) is 0 Å². The Bertz CT molecular complexity index is 621. The molecule has 4 nitrogen and oxygen atoms in total. The largest absolute Gasteiger partial charge is 0.467 e. The minimum atomic E-state index is -0.680. The van der Waals surface area contributed by atoms with Gasteiger partial charge in [-0.15, -0.1) is 11.3 Å². The molecule has 0 unspecified atom stereocenters. The highest BCUT2D eigenvalue weighted by molar-refractivity contribution is 7.11. The number of carbonyl (C=O) groups is 2. The zero-order valence-corrected chi connectivity index (χ0v) is 12.8. The Hall–Kier alpha value is -2.14. The number of thiophene rings is 1. The van der Waals surface area contributed by atoms with Gasteiger partial charge in [-0.2, -0.15) is 0 Å². The van der Waals surface area contributed by atoms with Crippen molar-refractivity contribution in [2.24, 2.45) is 0 Å². The molecule has 110 valence electrons. The van der Waals surface area contributed by atoms with Crippen LogP contribution in [0.4, 0.5) is 0 Å². The highest BCUT2D eigenvalue weighted by Crippen LogP contribution is 2.17. The summed E-state index contributed by atoms with van der Waals surface area (Å²) >= 11 is 1.61. The Morgan fingerprint density at radius 3 is 2.48 bits per heavy atom. The van der Waals surface area contributed by atoms with E-state index in [0.717, 1.165) is 4.88 Å². The van der Waals surface area contributed by atoms with E-state index >= 15 is 0 Å². The molecular formula is C16H17NO3S. The van der Waals surface area contributed by atoms with Gasteiger partial charge in [-0.05, 0) is 31.2 Å². The molecule has 0 aliphatic heterocycles. The van der Waals surface area contributed by atoms with E-state index in [-0.39, 0.29) is 5.91 Å². The average molecular weight is 303 g/mol. The van der Waals surface area contributed by atoms with Gasteiger partial charge in [-0.1, -0.05) is 18.2 Å². The molecule has 1 aromatic carbocycles. The van der Waals surface area contributed by atoms with Crippen LogP contribution < -0.4 is 5.32 Å². The van der Waals surface area contributed by atoms with Crippen LogP contribution in [0.5, 0.6) is 0 Å². The molecule has 1 N–H and O–H groups in total. The van der Waals surface area contributed by atoms with Crippen molar-refractivity contribution in [3.05, 3.63) is 57.8 Å². The van der Waals surface area contributed by atoms with Crippen LogP contribution in [0.3, 0.4) is 0 Å². The van der Waals surface area contributed by atoms with Crippen molar-refractivity contribution in [1.82, 2.24) is 5.32 Å². The summed E-state index contributed by atoms with van der Waals surface area (Å²) in [6.07, 6.45) is 0.434. The quantitative estimate of drug-likeness (QED) is 0.864. The first-order chi connectivity index (χ1) is 10.1. The van der Waals surface area contributed by atoms with E-state index in [1.54, 1.807) is 35.6 Å². The number of nitrogens with one attached hydrogen (secondary N) is 1. The Kier molecular flexibility index (Phi) is 5.11. The molecule has 0 spiro atoms. The molecule has 0 fully saturated rings. The summed E-state index contributed by atoms with van der Waals surface area (Å²) in [6, 6.07) is 12.1. The fourth-order valence-corrected chi connectivity index (χ4v) is 2.90. The van der Waals surface area contributed by atoms with Gasteiger partial charge < -0.3 is 10.1 Å². The topological polar surface area (TPSA) is 55.4 Å². The summed E-state index contributed by atoms with van der Waals surface area (Å²) in [5.41, 5.74) is 0.522. The minimum Gasteiger partial charge on any atom is -0.467 e. The van der Waals surface area contributed by atoms with Gasteiger partial charge in [0.15, 0.2) is 0 Å². The van der Waals surface area contributed by atoms with E-state index in [2.05, 4.69) is 5.32 Å². The fourth-order valence-electron chi connectivity index (χ4n) is 1.96. The molecule has 1 aromatic heterocycles. The highest BCUT2D eigenvalue weighted by Gasteiger charge is 2.23. The van der Waals surface area contributed by atoms with Crippen LogP contribution in [0.15, 0.2) is 42.5 Å². The Morgan fingerprint density at radius 1 is 1.19 bits per heavy atom. The van der Waals surface area contributed by atoms with E-state index in [4.69, 9.17) is 4.74 Å². The maximum absolute atomic E-state index is 12.2. The van der Waals surface area contributed by atoms with Crippen LogP contribution >= 0.6 is 11.3 Å². The van der Waals surface area contributed by atoms with Gasteiger partial charge in [0.25, 0.3) is 5.91 Å². The maximum Gasteiger partial charge on any atom is 0.328 e. The standard InChI is InChI=1S/C16H17NO3S/c1-11-8-9-13(21-11)10-14(16(19)20-2)17-15(18)12-6-4-3-5-7-12/h3-9,14H,10H2,1-2H3,(H,17,18)/t14-/m0/s1. The van der Waals surface area contributed by atoms with Crippen LogP contribution in [0.2, 0.25) is 0 Å². The van der Waals surface area contributed by atoms with Gasteiger partial charge in [0.1, 0.15) is 6.04 Å². The molecule has 0 saturated carbocycles. The van der Waals surface area contributed by atoms with Crippen molar-refractivity contribution in [3.63, 3.8) is 0 Å². The summed E-state index contributed by atoms with van der Waals surface area (Å²) in [5.74, 6) is -0.718. The van der Waals surface area contributed by atoms with Gasteiger partial charge >= 0.3 is 5.97 Å². The number of carbonyl (C=O) groups excluding carboxylic acids is 2. The third-order valence-corrected chi connectivity index (χ3v) is 4.05. The number of esters is 1. The molecule has 0 saturated heterocycles. The summed E-state index contributed by atoms with van der Waals surface area (Å²) in [7, 11) is 1.32. The van der Waals surface area contributed by atoms with E-state index in [9.17, 15) is 9.59 Å². The molecule has 2 rings (SSSR count). The second-order valence-corrected chi connectivity index (χ2v) is 6.00. The predicted molar refractivity (Wildman–Crippen MR) is 82.5 cm³/mol. The molecule has 21 heavy (non-hydrogen) atoms. The second kappa shape index (κ2) is 7.04. The number of benzene rings is 1. The summed E-state index contributed by atoms with van der Waals surface area (Å²) < 4.78 is 4.78. The smallest absolute Gasteiger partial charge is 0.328 e. The number of aryl methyl sites for hydroxylation is 1. The predicted octanol–water partition coefficient (Wildman–Crippen LogP) is 2.57. The van der Waals surface area contributed by atoms with Crippen LogP contribution in [-0.2, 0) is 16.0 Å². The lowest BCUT2D eigenvalue weighted by molar-refractivity contribution is -0.142. The molecule has 1 atom stereocenters. The number of rotatable bonds is 5. The van der Waals surface area contributed by atoms with Crippen LogP contribution in [0, 0.1) is 6.92 Å². The molecule has 0 radical (unpaired) electrons. The van der Waals surface area contributed by atoms with Gasteiger partial charge in [-0.25, -0.2) is 4.79 Å². The molecule has 0 aliphatic rings. The van der Waals surface area contributed by atoms with Crippen molar-refractivity contribution < 1.29 is 14.3 Å². The Balaban J connectivity index is 2.09. The van der Waals surface area contributed by atoms with Gasteiger partial charge in [0, 0.05) is 21.7 Å². The highest BCUT2D eigenvalue weighted by atomic mass is 32.1. The third-order valence-electron chi connectivity index (χ3n) is 3.03. The average Bonchev–Trinajstić information content (AvgIpc) is 2.91. The summed E-state index contributed by atoms with van der Waals surface area (Å²) in [4.78, 5) is 26.2. The van der Waals surface area contributed by atoms with Crippen molar-refractivity contribution in [2.75, 3.05) is 7.11 Å². The van der Waals surface area contributed by atoms with E-state index in [1.807, 2.05) is 25.1 Å². The van der Waals surface area contributed by atoms with E-state index < -0.39 is 12.0 Å². The molecule has 5 heteroatoms. The summed E-state index contributed by atoms with van der Waals surface area (Å²) in [5, 5.41) is 2.73. The Labute approximate surface area is 127 Å². The Morgan fingerprint density at radius 2 is 1.90 bits per heavy atom. The zero-order valence-electron chi connectivity index (χ0n) is 12.0. The molecule has 2 aromatic rings. The van der Waals surface area contributed by atoms with Gasteiger partial charge in [0.2, 0.25) is 0 Å². The molecule has 1 amide bonds. The van der Waals surface area contributed by atoms with E-state index in [0.29, 0.717) is 12.0 Å². The number of methoxy groups -OCH3 is 1. The van der Waals surface area contributed by atoms with E-state index in [1.165, 1.54) is 12.0 Å². The molecular weight excluding hydrogens is 286 g/mol. The number of amides is 1. The van der Waals surface area contributed by atoms with Gasteiger partial charge in [0.05, 0.1) is 7.11 Å². The SMILES string of the molecule is COC(=O)[C@H](Cc1ccc(C)s1)NC(=O)c1ccccc1. The van der Waals surface area contributed by atoms with Crippen LogP contribution in [-0.4, -0.2) is 25.0 Å². The second-order valence-electron chi connectivity index (χ2n) is 4.63. The summed E-state index contributed by atoms with van der Waals surface area (Å²) in [6.45, 7) is 2.00. The number of ether oxygens (including phenoxy) is 1. The first-order valence-electron chi connectivity index (χ1n) is 6.59. The van der Waals surface area contributed by atoms with Crippen molar-refractivity contribution in [3.8, 4) is 0 Å². The third kappa shape index (κ3) is 4.16.